The van der Waals surface area contributed by atoms with Gasteiger partial charge in [0.25, 0.3) is 0 Å². The molecular weight excluding hydrogens is 521 g/mol. The Labute approximate surface area is 235 Å². The predicted molar refractivity (Wildman–Crippen MR) is 161 cm³/mol. The zero-order valence-corrected chi connectivity index (χ0v) is 22.1. The predicted octanol–water partition coefficient (Wildman–Crippen LogP) is 10.0. The molecule has 6 heteroatoms. The zero-order chi connectivity index (χ0) is 28.6. The third-order valence-electron chi connectivity index (χ3n) is 7.30. The monoisotopic (exact) mass is 546 g/mol. The van der Waals surface area contributed by atoms with Crippen molar-refractivity contribution in [2.75, 3.05) is 17.3 Å². The summed E-state index contributed by atoms with van der Waals surface area (Å²) in [6.07, 6.45) is -4.41. The number of alkyl halides is 3. The zero-order valence-electron chi connectivity index (χ0n) is 22.1. The van der Waals surface area contributed by atoms with Crippen molar-refractivity contribution in [2.45, 2.75) is 6.18 Å². The molecule has 0 bridgehead atoms. The Balaban J connectivity index is 1.54. The van der Waals surface area contributed by atoms with E-state index in [0.717, 1.165) is 56.1 Å². The van der Waals surface area contributed by atoms with Crippen molar-refractivity contribution in [1.29, 1.82) is 0 Å². The van der Waals surface area contributed by atoms with Crippen molar-refractivity contribution >= 4 is 39.0 Å². The van der Waals surface area contributed by atoms with Crippen molar-refractivity contribution < 1.29 is 18.0 Å². The first-order valence-corrected chi connectivity index (χ1v) is 13.1. The molecule has 0 aliphatic rings. The van der Waals surface area contributed by atoms with Gasteiger partial charge in [0.05, 0.1) is 11.3 Å². The highest BCUT2D eigenvalue weighted by molar-refractivity contribution is 6.14. The molecule has 202 valence electrons. The molecule has 3 nitrogen and oxygen atoms in total. The summed E-state index contributed by atoms with van der Waals surface area (Å²) < 4.78 is 39.7. The van der Waals surface area contributed by atoms with Crippen LogP contribution in [-0.2, 0) is 6.18 Å². The van der Waals surface area contributed by atoms with Crippen molar-refractivity contribution in [3.05, 3.63) is 133 Å². The lowest BCUT2D eigenvalue weighted by atomic mass is 9.89. The van der Waals surface area contributed by atoms with E-state index in [-0.39, 0.29) is 6.03 Å². The maximum Gasteiger partial charge on any atom is 0.416 e. The van der Waals surface area contributed by atoms with Gasteiger partial charge < -0.3 is 5.32 Å². The molecule has 0 radical (unpaired) electrons. The lowest BCUT2D eigenvalue weighted by molar-refractivity contribution is -0.137. The van der Waals surface area contributed by atoms with Crippen molar-refractivity contribution in [3.63, 3.8) is 0 Å². The van der Waals surface area contributed by atoms with Gasteiger partial charge in [-0.05, 0) is 80.7 Å². The summed E-state index contributed by atoms with van der Waals surface area (Å²) in [7, 11) is 1.71. The highest BCUT2D eigenvalue weighted by Gasteiger charge is 2.30. The van der Waals surface area contributed by atoms with Crippen LogP contribution in [0.1, 0.15) is 5.56 Å². The summed E-state index contributed by atoms with van der Waals surface area (Å²) in [4.78, 5) is 15.0. The van der Waals surface area contributed by atoms with E-state index in [1.807, 2.05) is 103 Å². The second-order valence-corrected chi connectivity index (χ2v) is 9.85. The Morgan fingerprint density at radius 2 is 1.29 bits per heavy atom. The van der Waals surface area contributed by atoms with Crippen LogP contribution in [0.5, 0.6) is 0 Å². The number of carbonyl (C=O) groups is 1. The summed E-state index contributed by atoms with van der Waals surface area (Å²) in [5.74, 6) is 0. The fourth-order valence-corrected chi connectivity index (χ4v) is 5.17. The number of hydrogen-bond donors (Lipinski definition) is 1. The molecule has 0 aliphatic carbocycles. The van der Waals surface area contributed by atoms with Crippen LogP contribution in [0.4, 0.5) is 29.3 Å². The van der Waals surface area contributed by atoms with Crippen molar-refractivity contribution in [2.24, 2.45) is 0 Å². The Hall–Kier alpha value is -5.10. The van der Waals surface area contributed by atoms with Gasteiger partial charge in [-0.15, -0.1) is 0 Å². The summed E-state index contributed by atoms with van der Waals surface area (Å²) in [6, 6.07) is 38.0. The highest BCUT2D eigenvalue weighted by Crippen LogP contribution is 2.42. The van der Waals surface area contributed by atoms with E-state index in [2.05, 4.69) is 5.32 Å². The van der Waals surface area contributed by atoms with Crippen LogP contribution < -0.4 is 10.2 Å². The molecule has 0 aliphatic heterocycles. The number of benzene rings is 6. The van der Waals surface area contributed by atoms with Crippen LogP contribution in [0.3, 0.4) is 0 Å². The standard InChI is InChI=1S/C35H25F3N2O/c1-40(28-11-3-2-4-12-28)34(41)39-32-20-17-24-9-5-8-14-30(24)33(32)31-22-26(21-25-10-6-7-13-29(25)31)23-15-18-27(19-16-23)35(36,37)38/h2-22H,1H3,(H,39,41). The van der Waals surface area contributed by atoms with E-state index in [4.69, 9.17) is 0 Å². The second-order valence-electron chi connectivity index (χ2n) is 9.85. The smallest absolute Gasteiger partial charge is 0.307 e. The van der Waals surface area contributed by atoms with Gasteiger partial charge in [0, 0.05) is 18.3 Å². The van der Waals surface area contributed by atoms with Gasteiger partial charge >= 0.3 is 12.2 Å². The van der Waals surface area contributed by atoms with E-state index < -0.39 is 11.7 Å². The number of urea groups is 1. The number of halogens is 3. The number of nitrogens with zero attached hydrogens (tertiary/aromatic N) is 1. The molecule has 0 heterocycles. The number of fused-ring (bicyclic) bond motifs is 2. The number of anilines is 2. The topological polar surface area (TPSA) is 32.3 Å². The molecule has 0 saturated carbocycles. The minimum atomic E-state index is -4.41. The Morgan fingerprint density at radius 3 is 2.00 bits per heavy atom. The third-order valence-corrected chi connectivity index (χ3v) is 7.30. The minimum absolute atomic E-state index is 0.295. The summed E-state index contributed by atoms with van der Waals surface area (Å²) in [6.45, 7) is 0. The summed E-state index contributed by atoms with van der Waals surface area (Å²) in [5, 5.41) is 6.96. The van der Waals surface area contributed by atoms with Crippen LogP contribution in [0.25, 0.3) is 43.8 Å². The number of hydrogen-bond acceptors (Lipinski definition) is 1. The van der Waals surface area contributed by atoms with Crippen LogP contribution in [-0.4, -0.2) is 13.1 Å². The Bertz CT molecular complexity index is 1880. The minimum Gasteiger partial charge on any atom is -0.307 e. The molecule has 1 N–H and O–H groups in total. The number of rotatable bonds is 4. The van der Waals surface area contributed by atoms with Gasteiger partial charge in [-0.2, -0.15) is 13.2 Å². The molecule has 0 fully saturated rings. The van der Waals surface area contributed by atoms with Crippen molar-refractivity contribution in [3.8, 4) is 22.3 Å². The van der Waals surface area contributed by atoms with E-state index in [9.17, 15) is 18.0 Å². The third kappa shape index (κ3) is 5.12. The van der Waals surface area contributed by atoms with Gasteiger partial charge in [0.15, 0.2) is 0 Å². The maximum atomic E-state index is 13.4. The van der Waals surface area contributed by atoms with Crippen LogP contribution in [0.2, 0.25) is 0 Å². The van der Waals surface area contributed by atoms with Crippen LogP contribution in [0, 0.1) is 0 Å². The number of para-hydroxylation sites is 1. The van der Waals surface area contributed by atoms with E-state index in [1.54, 1.807) is 11.9 Å². The molecular formula is C35H25F3N2O. The summed E-state index contributed by atoms with van der Waals surface area (Å²) in [5.41, 5.74) is 3.84. The van der Waals surface area contributed by atoms with Crippen LogP contribution >= 0.6 is 0 Å². The second kappa shape index (κ2) is 10.5. The molecule has 0 saturated heterocycles. The number of carbonyl (C=O) groups excluding carboxylic acids is 1. The molecule has 6 aromatic carbocycles. The fourth-order valence-electron chi connectivity index (χ4n) is 5.17. The number of nitrogens with one attached hydrogen (secondary N) is 1. The molecule has 41 heavy (non-hydrogen) atoms. The lowest BCUT2D eigenvalue weighted by Gasteiger charge is -2.21. The largest absolute Gasteiger partial charge is 0.416 e. The highest BCUT2D eigenvalue weighted by atomic mass is 19.4. The Kier molecular flexibility index (Phi) is 6.67. The van der Waals surface area contributed by atoms with Gasteiger partial charge in [0.2, 0.25) is 0 Å². The normalized spacial score (nSPS) is 11.5. The van der Waals surface area contributed by atoms with E-state index in [0.29, 0.717) is 11.3 Å². The van der Waals surface area contributed by atoms with Gasteiger partial charge in [-0.25, -0.2) is 4.79 Å². The van der Waals surface area contributed by atoms with Gasteiger partial charge in [-0.1, -0.05) is 84.9 Å². The number of amides is 2. The average molecular weight is 547 g/mol. The molecule has 6 aromatic rings. The molecule has 6 rings (SSSR count). The van der Waals surface area contributed by atoms with E-state index >= 15 is 0 Å². The molecule has 0 atom stereocenters. The Morgan fingerprint density at radius 1 is 0.659 bits per heavy atom. The van der Waals surface area contributed by atoms with Crippen molar-refractivity contribution in [1.82, 2.24) is 0 Å². The molecule has 0 spiro atoms. The van der Waals surface area contributed by atoms with E-state index in [1.165, 1.54) is 12.1 Å². The fraction of sp³-hybridized carbons (Fsp3) is 0.0571. The molecule has 0 unspecified atom stereocenters. The first-order valence-electron chi connectivity index (χ1n) is 13.1. The average Bonchev–Trinajstić information content (AvgIpc) is 3.00. The quantitative estimate of drug-likeness (QED) is 0.234. The summed E-state index contributed by atoms with van der Waals surface area (Å²) >= 11 is 0. The van der Waals surface area contributed by atoms with Gasteiger partial charge in [0.1, 0.15) is 0 Å². The SMILES string of the molecule is CN(C(=O)Nc1ccc2ccccc2c1-c1cc(-c2ccc(C(F)(F)F)cc2)cc2ccccc12)c1ccccc1. The lowest BCUT2D eigenvalue weighted by Crippen LogP contribution is -2.31. The molecule has 2 amide bonds. The molecule has 0 aromatic heterocycles. The van der Waals surface area contributed by atoms with Gasteiger partial charge in [-0.3, -0.25) is 4.90 Å². The maximum absolute atomic E-state index is 13.4. The van der Waals surface area contributed by atoms with Crippen LogP contribution in [0.15, 0.2) is 127 Å². The first kappa shape index (κ1) is 26.1. The first-order chi connectivity index (χ1) is 19.8.